The summed E-state index contributed by atoms with van der Waals surface area (Å²) in [4.78, 5) is 12.5. The van der Waals surface area contributed by atoms with E-state index in [0.717, 1.165) is 25.7 Å². The molecule has 0 unspecified atom stereocenters. The molecule has 1 aliphatic heterocycles. The Bertz CT molecular complexity index is 874. The molecule has 0 bridgehead atoms. The third-order valence-electron chi connectivity index (χ3n) is 4.40. The first-order chi connectivity index (χ1) is 12.5. The van der Waals surface area contributed by atoms with E-state index in [2.05, 4.69) is 5.32 Å². The van der Waals surface area contributed by atoms with Gasteiger partial charge in [-0.3, -0.25) is 4.79 Å². The number of nitrogens with zero attached hydrogens (tertiary/aromatic N) is 1. The maximum atomic E-state index is 12.9. The van der Waals surface area contributed by atoms with Crippen molar-refractivity contribution in [1.82, 2.24) is 4.31 Å². The van der Waals surface area contributed by atoms with Crippen molar-refractivity contribution < 1.29 is 13.2 Å². The van der Waals surface area contributed by atoms with Crippen molar-refractivity contribution >= 4 is 33.2 Å². The predicted octanol–water partition coefficient (Wildman–Crippen LogP) is 4.16. The molecule has 26 heavy (non-hydrogen) atoms. The summed E-state index contributed by atoms with van der Waals surface area (Å²) < 4.78 is 27.3. The number of rotatable bonds is 4. The van der Waals surface area contributed by atoms with Gasteiger partial charge in [-0.25, -0.2) is 8.42 Å². The number of halogens is 1. The molecule has 0 atom stereocenters. The molecule has 1 fully saturated rings. The molecule has 0 saturated carbocycles. The van der Waals surface area contributed by atoms with Crippen molar-refractivity contribution in [2.24, 2.45) is 0 Å². The lowest BCUT2D eigenvalue weighted by atomic mass is 10.2. The molecule has 1 N–H and O–H groups in total. The molecular formula is C19H21ClN2O3S. The number of anilines is 1. The first-order valence-electron chi connectivity index (χ1n) is 8.64. The van der Waals surface area contributed by atoms with Crippen LogP contribution in [0.1, 0.15) is 36.0 Å². The van der Waals surface area contributed by atoms with Crippen LogP contribution in [0.4, 0.5) is 5.69 Å². The number of carbonyl (C=O) groups excluding carboxylic acids is 1. The zero-order valence-corrected chi connectivity index (χ0v) is 15.9. The van der Waals surface area contributed by atoms with Gasteiger partial charge in [-0.2, -0.15) is 4.31 Å². The largest absolute Gasteiger partial charge is 0.322 e. The molecule has 1 saturated heterocycles. The molecule has 1 heterocycles. The van der Waals surface area contributed by atoms with E-state index in [9.17, 15) is 13.2 Å². The van der Waals surface area contributed by atoms with Crippen molar-refractivity contribution in [3.8, 4) is 0 Å². The van der Waals surface area contributed by atoms with Crippen molar-refractivity contribution in [2.75, 3.05) is 18.4 Å². The molecule has 2 aromatic rings. The molecule has 138 valence electrons. The number of carbonyl (C=O) groups is 1. The van der Waals surface area contributed by atoms with Crippen LogP contribution in [0.3, 0.4) is 0 Å². The van der Waals surface area contributed by atoms with Gasteiger partial charge in [0, 0.05) is 29.4 Å². The Hall–Kier alpha value is -1.89. The third-order valence-corrected chi connectivity index (χ3v) is 6.55. The van der Waals surface area contributed by atoms with Gasteiger partial charge in [0.05, 0.1) is 4.90 Å². The molecule has 0 aromatic heterocycles. The second kappa shape index (κ2) is 8.20. The zero-order chi connectivity index (χ0) is 18.6. The first kappa shape index (κ1) is 18.9. The van der Waals surface area contributed by atoms with Gasteiger partial charge in [-0.15, -0.1) is 0 Å². The fraction of sp³-hybridized carbons (Fsp3) is 0.316. The van der Waals surface area contributed by atoms with Crippen LogP contribution in [0.5, 0.6) is 0 Å². The zero-order valence-electron chi connectivity index (χ0n) is 14.3. The van der Waals surface area contributed by atoms with Gasteiger partial charge < -0.3 is 5.32 Å². The first-order valence-corrected chi connectivity index (χ1v) is 10.5. The van der Waals surface area contributed by atoms with Crippen LogP contribution in [0.15, 0.2) is 53.4 Å². The number of benzene rings is 2. The van der Waals surface area contributed by atoms with Gasteiger partial charge >= 0.3 is 0 Å². The minimum atomic E-state index is -3.55. The maximum absolute atomic E-state index is 12.9. The van der Waals surface area contributed by atoms with Gasteiger partial charge in [-0.1, -0.05) is 30.5 Å². The summed E-state index contributed by atoms with van der Waals surface area (Å²) in [5.74, 6) is -0.314. The number of sulfonamides is 1. The van der Waals surface area contributed by atoms with Crippen LogP contribution < -0.4 is 5.32 Å². The quantitative estimate of drug-likeness (QED) is 0.849. The van der Waals surface area contributed by atoms with Crippen LogP contribution in [0.2, 0.25) is 5.02 Å². The number of nitrogens with one attached hydrogen (secondary N) is 1. The molecule has 7 heteroatoms. The number of hydrogen-bond acceptors (Lipinski definition) is 3. The van der Waals surface area contributed by atoms with Gasteiger partial charge in [0.25, 0.3) is 5.91 Å². The third kappa shape index (κ3) is 4.44. The fourth-order valence-corrected chi connectivity index (χ4v) is 4.66. The highest BCUT2D eigenvalue weighted by Gasteiger charge is 2.25. The summed E-state index contributed by atoms with van der Waals surface area (Å²) in [6.07, 6.45) is 3.88. The van der Waals surface area contributed by atoms with Gasteiger partial charge in [-0.05, 0) is 55.3 Å². The van der Waals surface area contributed by atoms with Gasteiger partial charge in [0.15, 0.2) is 0 Å². The minimum Gasteiger partial charge on any atom is -0.322 e. The van der Waals surface area contributed by atoms with Crippen LogP contribution in [0.25, 0.3) is 0 Å². The number of amides is 1. The maximum Gasteiger partial charge on any atom is 0.255 e. The monoisotopic (exact) mass is 392 g/mol. The normalized spacial score (nSPS) is 16.0. The van der Waals surface area contributed by atoms with Crippen molar-refractivity contribution in [2.45, 2.75) is 30.6 Å². The Morgan fingerprint density at radius 2 is 1.62 bits per heavy atom. The van der Waals surface area contributed by atoms with Crippen molar-refractivity contribution in [3.63, 3.8) is 0 Å². The summed E-state index contributed by atoms with van der Waals surface area (Å²) >= 11 is 5.83. The highest BCUT2D eigenvalue weighted by molar-refractivity contribution is 7.89. The van der Waals surface area contributed by atoms with Gasteiger partial charge in [0.1, 0.15) is 0 Å². The van der Waals surface area contributed by atoms with E-state index in [4.69, 9.17) is 11.6 Å². The topological polar surface area (TPSA) is 66.5 Å². The Balaban J connectivity index is 1.79. The molecule has 0 radical (unpaired) electrons. The van der Waals surface area contributed by atoms with Crippen LogP contribution in [0, 0.1) is 0 Å². The van der Waals surface area contributed by atoms with Crippen molar-refractivity contribution in [3.05, 3.63) is 59.1 Å². The SMILES string of the molecule is O=C(Nc1cccc(S(=O)(=O)N2CCCCCC2)c1)c1ccc(Cl)cc1. The smallest absolute Gasteiger partial charge is 0.255 e. The second-order valence-corrected chi connectivity index (χ2v) is 8.68. The molecule has 5 nitrogen and oxygen atoms in total. The minimum absolute atomic E-state index is 0.202. The molecule has 1 aliphatic rings. The Morgan fingerprint density at radius 3 is 2.27 bits per heavy atom. The van der Waals surface area contributed by atoms with Crippen LogP contribution in [-0.2, 0) is 10.0 Å². The van der Waals surface area contributed by atoms with E-state index in [0.29, 0.717) is 29.4 Å². The van der Waals surface area contributed by atoms with E-state index in [-0.39, 0.29) is 10.8 Å². The lowest BCUT2D eigenvalue weighted by Crippen LogP contribution is -2.32. The summed E-state index contributed by atoms with van der Waals surface area (Å²) in [5, 5.41) is 3.29. The fourth-order valence-electron chi connectivity index (χ4n) is 2.97. The Kier molecular flexibility index (Phi) is 5.96. The van der Waals surface area contributed by atoms with Crippen LogP contribution >= 0.6 is 11.6 Å². The highest BCUT2D eigenvalue weighted by atomic mass is 35.5. The molecule has 3 rings (SSSR count). The average molecular weight is 393 g/mol. The Labute approximate surface area is 159 Å². The summed E-state index contributed by atoms with van der Waals surface area (Å²) in [6, 6.07) is 12.9. The highest BCUT2D eigenvalue weighted by Crippen LogP contribution is 2.23. The molecule has 2 aromatic carbocycles. The Morgan fingerprint density at radius 1 is 0.962 bits per heavy atom. The van der Waals surface area contributed by atoms with E-state index in [1.807, 2.05) is 0 Å². The molecule has 1 amide bonds. The standard InChI is InChI=1S/C19H21ClN2O3S/c20-16-10-8-15(9-11-16)19(23)21-17-6-5-7-18(14-17)26(24,25)22-12-3-1-2-4-13-22/h5-11,14H,1-4,12-13H2,(H,21,23). The van der Waals surface area contributed by atoms with E-state index in [1.165, 1.54) is 6.07 Å². The molecular weight excluding hydrogens is 372 g/mol. The van der Waals surface area contributed by atoms with E-state index >= 15 is 0 Å². The lowest BCUT2D eigenvalue weighted by molar-refractivity contribution is 0.102. The summed E-state index contributed by atoms with van der Waals surface area (Å²) in [6.45, 7) is 1.09. The average Bonchev–Trinajstić information content (AvgIpc) is 2.92. The number of hydrogen-bond donors (Lipinski definition) is 1. The van der Waals surface area contributed by atoms with E-state index < -0.39 is 10.0 Å². The predicted molar refractivity (Wildman–Crippen MR) is 103 cm³/mol. The van der Waals surface area contributed by atoms with Crippen LogP contribution in [-0.4, -0.2) is 31.7 Å². The second-order valence-electron chi connectivity index (χ2n) is 6.31. The van der Waals surface area contributed by atoms with E-state index in [1.54, 1.807) is 46.8 Å². The van der Waals surface area contributed by atoms with Crippen molar-refractivity contribution in [1.29, 1.82) is 0 Å². The summed E-state index contributed by atoms with van der Waals surface area (Å²) in [5.41, 5.74) is 0.899. The molecule has 0 spiro atoms. The molecule has 0 aliphatic carbocycles. The summed E-state index contributed by atoms with van der Waals surface area (Å²) in [7, 11) is -3.55. The lowest BCUT2D eigenvalue weighted by Gasteiger charge is -2.20. The van der Waals surface area contributed by atoms with Gasteiger partial charge in [0.2, 0.25) is 10.0 Å².